The molecule has 18 heavy (non-hydrogen) atoms. The molecular formula is C11H24N2O4S. The molecule has 0 radical (unpaired) electrons. The number of amides is 1. The largest absolute Gasteiger partial charge is 0.374 e. The number of nitrogens with one attached hydrogen (secondary N) is 1. The maximum absolute atomic E-state index is 11.6. The molecule has 0 spiro atoms. The van der Waals surface area contributed by atoms with E-state index in [1.54, 1.807) is 0 Å². The normalized spacial score (nSPS) is 14.3. The molecule has 0 aromatic rings. The Kier molecular flexibility index (Phi) is 6.80. The summed E-state index contributed by atoms with van der Waals surface area (Å²) < 4.78 is 27.3. The highest BCUT2D eigenvalue weighted by atomic mass is 32.2. The van der Waals surface area contributed by atoms with Crippen LogP contribution in [0.5, 0.6) is 0 Å². The molecule has 0 saturated heterocycles. The minimum Gasteiger partial charge on any atom is -0.374 e. The molecule has 6 nitrogen and oxygen atoms in total. The fourth-order valence-electron chi connectivity index (χ4n) is 1.34. The molecule has 1 atom stereocenters. The molecular weight excluding hydrogens is 256 g/mol. The third-order valence-corrected chi connectivity index (χ3v) is 3.34. The van der Waals surface area contributed by atoms with E-state index in [-0.39, 0.29) is 18.1 Å². The molecule has 108 valence electrons. The van der Waals surface area contributed by atoms with Gasteiger partial charge in [-0.3, -0.25) is 4.79 Å². The molecule has 0 saturated carbocycles. The van der Waals surface area contributed by atoms with Crippen LogP contribution in [-0.4, -0.2) is 51.1 Å². The van der Waals surface area contributed by atoms with Crippen molar-refractivity contribution >= 4 is 15.7 Å². The fourth-order valence-corrected chi connectivity index (χ4v) is 2.03. The quantitative estimate of drug-likeness (QED) is 0.635. The van der Waals surface area contributed by atoms with Crippen LogP contribution in [-0.2, 0) is 19.4 Å². The molecule has 0 aromatic heterocycles. The highest BCUT2D eigenvalue weighted by Crippen LogP contribution is 2.06. The van der Waals surface area contributed by atoms with Crippen LogP contribution in [0.15, 0.2) is 0 Å². The van der Waals surface area contributed by atoms with Crippen molar-refractivity contribution in [2.75, 3.05) is 25.2 Å². The summed E-state index contributed by atoms with van der Waals surface area (Å²) >= 11 is 0. The zero-order chi connectivity index (χ0) is 14.4. The summed E-state index contributed by atoms with van der Waals surface area (Å²) in [6, 6.07) is -0.808. The van der Waals surface area contributed by atoms with Crippen LogP contribution in [0.25, 0.3) is 0 Å². The number of carbonyl (C=O) groups is 1. The van der Waals surface area contributed by atoms with E-state index in [4.69, 9.17) is 10.5 Å². The van der Waals surface area contributed by atoms with Gasteiger partial charge in [0.25, 0.3) is 0 Å². The minimum atomic E-state index is -3.09. The molecule has 7 heteroatoms. The standard InChI is InChI=1S/C11H24N2O4S/c1-5-17-11(2,3)8-13-10(14)9(12)6-7-18(4,15)16/h9H,5-8,12H2,1-4H3,(H,13,14). The van der Waals surface area contributed by atoms with Crippen molar-refractivity contribution in [2.24, 2.45) is 5.73 Å². The Balaban J connectivity index is 4.09. The maximum Gasteiger partial charge on any atom is 0.237 e. The van der Waals surface area contributed by atoms with E-state index < -0.39 is 21.5 Å². The summed E-state index contributed by atoms with van der Waals surface area (Å²) in [4.78, 5) is 11.6. The number of sulfone groups is 1. The van der Waals surface area contributed by atoms with Crippen LogP contribution in [0, 0.1) is 0 Å². The van der Waals surface area contributed by atoms with Crippen molar-refractivity contribution in [1.29, 1.82) is 0 Å². The molecule has 0 bridgehead atoms. The SMILES string of the molecule is CCOC(C)(C)CNC(=O)C(N)CCS(C)(=O)=O. The average molecular weight is 280 g/mol. The molecule has 1 unspecified atom stereocenters. The molecule has 0 rings (SSSR count). The second-order valence-corrected chi connectivity index (χ2v) is 7.20. The summed E-state index contributed by atoms with van der Waals surface area (Å²) in [5.74, 6) is -0.442. The van der Waals surface area contributed by atoms with Crippen molar-refractivity contribution in [3.05, 3.63) is 0 Å². The van der Waals surface area contributed by atoms with Crippen molar-refractivity contribution in [3.8, 4) is 0 Å². The smallest absolute Gasteiger partial charge is 0.237 e. The van der Waals surface area contributed by atoms with Gasteiger partial charge in [-0.1, -0.05) is 0 Å². The van der Waals surface area contributed by atoms with Gasteiger partial charge in [0.05, 0.1) is 17.4 Å². The average Bonchev–Trinajstić information content (AvgIpc) is 2.21. The zero-order valence-corrected chi connectivity index (χ0v) is 12.3. The van der Waals surface area contributed by atoms with Gasteiger partial charge in [-0.25, -0.2) is 8.42 Å². The number of nitrogens with two attached hydrogens (primary N) is 1. The first-order valence-electron chi connectivity index (χ1n) is 5.92. The van der Waals surface area contributed by atoms with E-state index in [9.17, 15) is 13.2 Å². The molecule has 0 aromatic carbocycles. The predicted octanol–water partition coefficient (Wildman–Crippen LogP) is -0.320. The molecule has 0 heterocycles. The lowest BCUT2D eigenvalue weighted by Crippen LogP contribution is -2.47. The van der Waals surface area contributed by atoms with Crippen molar-refractivity contribution in [3.63, 3.8) is 0 Å². The van der Waals surface area contributed by atoms with Gasteiger partial charge in [0.1, 0.15) is 9.84 Å². The van der Waals surface area contributed by atoms with Gasteiger partial charge in [0.15, 0.2) is 0 Å². The molecule has 0 fully saturated rings. The van der Waals surface area contributed by atoms with Gasteiger partial charge < -0.3 is 15.8 Å². The number of hydrogen-bond acceptors (Lipinski definition) is 5. The van der Waals surface area contributed by atoms with Gasteiger partial charge in [0.2, 0.25) is 5.91 Å². The zero-order valence-electron chi connectivity index (χ0n) is 11.5. The first-order valence-corrected chi connectivity index (χ1v) is 7.98. The molecule has 0 aliphatic heterocycles. The lowest BCUT2D eigenvalue weighted by Gasteiger charge is -2.25. The Morgan fingerprint density at radius 3 is 2.44 bits per heavy atom. The van der Waals surface area contributed by atoms with Crippen molar-refractivity contribution < 1.29 is 17.9 Å². The van der Waals surface area contributed by atoms with Gasteiger partial charge in [-0.2, -0.15) is 0 Å². The Morgan fingerprint density at radius 2 is 2.00 bits per heavy atom. The summed E-state index contributed by atoms with van der Waals surface area (Å²) in [6.45, 7) is 6.49. The summed E-state index contributed by atoms with van der Waals surface area (Å²) in [7, 11) is -3.09. The van der Waals surface area contributed by atoms with Crippen LogP contribution in [0.2, 0.25) is 0 Å². The van der Waals surface area contributed by atoms with E-state index >= 15 is 0 Å². The Morgan fingerprint density at radius 1 is 1.44 bits per heavy atom. The Bertz CT molecular complexity index is 365. The molecule has 0 aliphatic rings. The van der Waals surface area contributed by atoms with Crippen molar-refractivity contribution in [2.45, 2.75) is 38.8 Å². The molecule has 3 N–H and O–H groups in total. The van der Waals surface area contributed by atoms with Crippen molar-refractivity contribution in [1.82, 2.24) is 5.32 Å². The van der Waals surface area contributed by atoms with Crippen LogP contribution in [0.1, 0.15) is 27.2 Å². The highest BCUT2D eigenvalue weighted by molar-refractivity contribution is 7.90. The van der Waals surface area contributed by atoms with Crippen LogP contribution >= 0.6 is 0 Å². The fraction of sp³-hybridized carbons (Fsp3) is 0.909. The first kappa shape index (κ1) is 17.3. The number of ether oxygens (including phenoxy) is 1. The lowest BCUT2D eigenvalue weighted by molar-refractivity contribution is -0.124. The highest BCUT2D eigenvalue weighted by Gasteiger charge is 2.21. The summed E-state index contributed by atoms with van der Waals surface area (Å²) in [5.41, 5.74) is 5.15. The lowest BCUT2D eigenvalue weighted by atomic mass is 10.1. The Labute approximate surface area is 109 Å². The monoisotopic (exact) mass is 280 g/mol. The van der Waals surface area contributed by atoms with E-state index in [0.717, 1.165) is 6.26 Å². The van der Waals surface area contributed by atoms with E-state index in [1.165, 1.54) is 0 Å². The molecule has 0 aliphatic carbocycles. The topological polar surface area (TPSA) is 98.5 Å². The second kappa shape index (κ2) is 7.06. The van der Waals surface area contributed by atoms with Crippen LogP contribution < -0.4 is 11.1 Å². The number of hydrogen-bond donors (Lipinski definition) is 2. The number of rotatable bonds is 8. The van der Waals surface area contributed by atoms with Crippen LogP contribution in [0.3, 0.4) is 0 Å². The third kappa shape index (κ3) is 8.43. The van der Waals surface area contributed by atoms with E-state index in [0.29, 0.717) is 13.2 Å². The Hall–Kier alpha value is -0.660. The van der Waals surface area contributed by atoms with E-state index in [2.05, 4.69) is 5.32 Å². The van der Waals surface area contributed by atoms with Gasteiger partial charge >= 0.3 is 0 Å². The number of carbonyl (C=O) groups excluding carboxylic acids is 1. The van der Waals surface area contributed by atoms with Crippen LogP contribution in [0.4, 0.5) is 0 Å². The van der Waals surface area contributed by atoms with E-state index in [1.807, 2.05) is 20.8 Å². The summed E-state index contributed by atoms with van der Waals surface area (Å²) in [6.07, 6.45) is 1.25. The van der Waals surface area contributed by atoms with Gasteiger partial charge in [0, 0.05) is 19.4 Å². The van der Waals surface area contributed by atoms with Gasteiger partial charge in [-0.05, 0) is 27.2 Å². The summed E-state index contributed by atoms with van der Waals surface area (Å²) in [5, 5.41) is 2.66. The first-order chi connectivity index (χ1) is 8.07. The maximum atomic E-state index is 11.6. The molecule has 1 amide bonds. The van der Waals surface area contributed by atoms with Gasteiger partial charge in [-0.15, -0.1) is 0 Å². The predicted molar refractivity (Wildman–Crippen MR) is 71.0 cm³/mol. The second-order valence-electron chi connectivity index (χ2n) is 4.94. The third-order valence-electron chi connectivity index (χ3n) is 2.36. The minimum absolute atomic E-state index is 0.0869.